The van der Waals surface area contributed by atoms with Gasteiger partial charge in [0.2, 0.25) is 5.78 Å². The Labute approximate surface area is 85.2 Å². The summed E-state index contributed by atoms with van der Waals surface area (Å²) in [5.74, 6) is 0.613. The molecule has 0 bridgehead atoms. The Hall–Kier alpha value is -2.23. The molecule has 0 aliphatic heterocycles. The number of imidazole rings is 1. The van der Waals surface area contributed by atoms with E-state index in [9.17, 15) is 4.79 Å². The fourth-order valence-corrected chi connectivity index (χ4v) is 1.63. The number of para-hydroxylation sites is 2. The van der Waals surface area contributed by atoms with Crippen molar-refractivity contribution >= 4 is 23.1 Å². The van der Waals surface area contributed by atoms with Crippen molar-refractivity contribution in [2.75, 3.05) is 0 Å². The van der Waals surface area contributed by atoms with Crippen LogP contribution >= 0.6 is 0 Å². The summed E-state index contributed by atoms with van der Waals surface area (Å²) in [6.45, 7) is 0. The van der Waals surface area contributed by atoms with E-state index < -0.39 is 0 Å². The summed E-state index contributed by atoms with van der Waals surface area (Å²) in [5, 5.41) is 0. The van der Waals surface area contributed by atoms with Crippen LogP contribution in [0.25, 0.3) is 16.8 Å². The maximum Gasteiger partial charge on any atom is 0.234 e. The fraction of sp³-hybridized carbons (Fsp3) is 0. The summed E-state index contributed by atoms with van der Waals surface area (Å²) in [7, 11) is 0. The highest BCUT2D eigenvalue weighted by Gasteiger charge is 2.04. The largest absolute Gasteiger partial charge is 0.298 e. The first-order chi connectivity index (χ1) is 7.38. The Bertz CT molecular complexity index is 657. The molecule has 4 nitrogen and oxygen atoms in total. The Morgan fingerprint density at radius 2 is 2.13 bits per heavy atom. The minimum absolute atomic E-state index is 0.547. The van der Waals surface area contributed by atoms with Crippen molar-refractivity contribution in [1.29, 1.82) is 0 Å². The Kier molecular flexibility index (Phi) is 1.56. The molecule has 15 heavy (non-hydrogen) atoms. The summed E-state index contributed by atoms with van der Waals surface area (Å²) < 4.78 is 1.82. The summed E-state index contributed by atoms with van der Waals surface area (Å²) in [6.07, 6.45) is 4.04. The van der Waals surface area contributed by atoms with Gasteiger partial charge in [-0.25, -0.2) is 9.97 Å². The standard InChI is InChI=1S/C11H7N3O/c15-7-8-5-12-11-13-9-3-1-2-4-10(9)14(11)6-8/h1-7H. The second-order valence-corrected chi connectivity index (χ2v) is 3.28. The maximum absolute atomic E-state index is 10.6. The highest BCUT2D eigenvalue weighted by atomic mass is 16.1. The van der Waals surface area contributed by atoms with E-state index in [0.717, 1.165) is 17.3 Å². The van der Waals surface area contributed by atoms with E-state index in [1.165, 1.54) is 6.20 Å². The molecule has 3 aromatic rings. The molecule has 0 spiro atoms. The van der Waals surface area contributed by atoms with Gasteiger partial charge in [-0.1, -0.05) is 12.1 Å². The zero-order chi connectivity index (χ0) is 10.3. The van der Waals surface area contributed by atoms with E-state index in [0.29, 0.717) is 11.3 Å². The number of aromatic nitrogens is 3. The average Bonchev–Trinajstić information content (AvgIpc) is 2.66. The first kappa shape index (κ1) is 8.11. The molecular formula is C11H7N3O. The van der Waals surface area contributed by atoms with Gasteiger partial charge in [0.25, 0.3) is 0 Å². The monoisotopic (exact) mass is 197 g/mol. The molecule has 72 valence electrons. The smallest absolute Gasteiger partial charge is 0.234 e. The highest BCUT2D eigenvalue weighted by molar-refractivity contribution is 5.81. The third kappa shape index (κ3) is 1.11. The number of aldehydes is 1. The zero-order valence-electron chi connectivity index (χ0n) is 7.79. The molecule has 4 heteroatoms. The second kappa shape index (κ2) is 2.88. The number of benzene rings is 1. The van der Waals surface area contributed by atoms with Crippen LogP contribution in [-0.4, -0.2) is 20.7 Å². The molecule has 0 aliphatic rings. The number of hydrogen-bond acceptors (Lipinski definition) is 3. The average molecular weight is 197 g/mol. The van der Waals surface area contributed by atoms with Crippen molar-refractivity contribution in [1.82, 2.24) is 14.4 Å². The van der Waals surface area contributed by atoms with Crippen molar-refractivity contribution in [2.45, 2.75) is 0 Å². The molecular weight excluding hydrogens is 190 g/mol. The second-order valence-electron chi connectivity index (χ2n) is 3.28. The number of carbonyl (C=O) groups excluding carboxylic acids is 1. The first-order valence-corrected chi connectivity index (χ1v) is 4.56. The van der Waals surface area contributed by atoms with Crippen LogP contribution < -0.4 is 0 Å². The lowest BCUT2D eigenvalue weighted by atomic mass is 10.3. The minimum atomic E-state index is 0.547. The van der Waals surface area contributed by atoms with Crippen LogP contribution in [0.3, 0.4) is 0 Å². The van der Waals surface area contributed by atoms with Crippen molar-refractivity contribution in [3.63, 3.8) is 0 Å². The molecule has 1 aromatic carbocycles. The fourth-order valence-electron chi connectivity index (χ4n) is 1.63. The summed E-state index contributed by atoms with van der Waals surface area (Å²) in [5.41, 5.74) is 2.39. The van der Waals surface area contributed by atoms with E-state index in [1.807, 2.05) is 28.7 Å². The van der Waals surface area contributed by atoms with E-state index in [-0.39, 0.29) is 0 Å². The molecule has 2 aromatic heterocycles. The Morgan fingerprint density at radius 1 is 1.27 bits per heavy atom. The van der Waals surface area contributed by atoms with Gasteiger partial charge in [-0.2, -0.15) is 0 Å². The number of rotatable bonds is 1. The SMILES string of the molecule is O=Cc1cnc2nc3ccccc3n2c1. The van der Waals surface area contributed by atoms with E-state index in [4.69, 9.17) is 0 Å². The Morgan fingerprint density at radius 3 is 3.00 bits per heavy atom. The van der Waals surface area contributed by atoms with Crippen LogP contribution in [0, 0.1) is 0 Å². The van der Waals surface area contributed by atoms with Gasteiger partial charge in [0.05, 0.1) is 11.0 Å². The summed E-state index contributed by atoms with van der Waals surface area (Å²) >= 11 is 0. The summed E-state index contributed by atoms with van der Waals surface area (Å²) in [6, 6.07) is 7.73. The topological polar surface area (TPSA) is 47.3 Å². The van der Waals surface area contributed by atoms with Gasteiger partial charge in [0, 0.05) is 18.0 Å². The lowest BCUT2D eigenvalue weighted by Crippen LogP contribution is -1.91. The van der Waals surface area contributed by atoms with E-state index in [1.54, 1.807) is 6.20 Å². The number of fused-ring (bicyclic) bond motifs is 3. The maximum atomic E-state index is 10.6. The van der Waals surface area contributed by atoms with E-state index in [2.05, 4.69) is 9.97 Å². The molecule has 0 amide bonds. The predicted octanol–water partition coefficient (Wildman–Crippen LogP) is 1.70. The van der Waals surface area contributed by atoms with Crippen LogP contribution in [0.15, 0.2) is 36.7 Å². The normalized spacial score (nSPS) is 10.9. The van der Waals surface area contributed by atoms with Crippen molar-refractivity contribution in [3.05, 3.63) is 42.2 Å². The number of hydrogen-bond donors (Lipinski definition) is 0. The molecule has 0 unspecified atom stereocenters. The van der Waals surface area contributed by atoms with Crippen molar-refractivity contribution < 1.29 is 4.79 Å². The number of carbonyl (C=O) groups is 1. The van der Waals surface area contributed by atoms with Gasteiger partial charge in [-0.15, -0.1) is 0 Å². The van der Waals surface area contributed by atoms with Gasteiger partial charge in [-0.05, 0) is 12.1 Å². The molecule has 0 aliphatic carbocycles. The molecule has 0 radical (unpaired) electrons. The van der Waals surface area contributed by atoms with Gasteiger partial charge in [0.15, 0.2) is 6.29 Å². The molecule has 2 heterocycles. The molecule has 0 N–H and O–H groups in total. The van der Waals surface area contributed by atoms with Crippen LogP contribution in [0.1, 0.15) is 10.4 Å². The van der Waals surface area contributed by atoms with Crippen LogP contribution in [-0.2, 0) is 0 Å². The zero-order valence-corrected chi connectivity index (χ0v) is 7.79. The van der Waals surface area contributed by atoms with Gasteiger partial charge >= 0.3 is 0 Å². The van der Waals surface area contributed by atoms with Gasteiger partial charge < -0.3 is 0 Å². The highest BCUT2D eigenvalue weighted by Crippen LogP contribution is 2.14. The predicted molar refractivity (Wildman–Crippen MR) is 55.9 cm³/mol. The quantitative estimate of drug-likeness (QED) is 0.558. The lowest BCUT2D eigenvalue weighted by Gasteiger charge is -1.94. The van der Waals surface area contributed by atoms with Crippen LogP contribution in [0.4, 0.5) is 0 Å². The van der Waals surface area contributed by atoms with Gasteiger partial charge in [-0.3, -0.25) is 9.20 Å². The Balaban J connectivity index is 2.51. The summed E-state index contributed by atoms with van der Waals surface area (Å²) in [4.78, 5) is 19.1. The van der Waals surface area contributed by atoms with E-state index >= 15 is 0 Å². The number of nitrogens with zero attached hydrogens (tertiary/aromatic N) is 3. The van der Waals surface area contributed by atoms with Gasteiger partial charge in [0.1, 0.15) is 0 Å². The van der Waals surface area contributed by atoms with Crippen LogP contribution in [0.5, 0.6) is 0 Å². The van der Waals surface area contributed by atoms with Crippen LogP contribution in [0.2, 0.25) is 0 Å². The molecule has 0 atom stereocenters. The lowest BCUT2D eigenvalue weighted by molar-refractivity contribution is 0.112. The molecule has 0 saturated heterocycles. The first-order valence-electron chi connectivity index (χ1n) is 4.56. The molecule has 0 fully saturated rings. The third-order valence-electron chi connectivity index (χ3n) is 2.32. The molecule has 3 rings (SSSR count). The third-order valence-corrected chi connectivity index (χ3v) is 2.32. The molecule has 0 saturated carbocycles. The minimum Gasteiger partial charge on any atom is -0.298 e. The van der Waals surface area contributed by atoms with Crippen molar-refractivity contribution in [2.24, 2.45) is 0 Å². The van der Waals surface area contributed by atoms with Crippen molar-refractivity contribution in [3.8, 4) is 0 Å².